The number of hydrogen-bond acceptors (Lipinski definition) is 2. The first-order valence-electron chi connectivity index (χ1n) is 5.55. The predicted octanol–water partition coefficient (Wildman–Crippen LogP) is 3.51. The third-order valence-electron chi connectivity index (χ3n) is 2.53. The van der Waals surface area contributed by atoms with Crippen LogP contribution in [0.2, 0.25) is 0 Å². The standard InChI is InChI=1S/C14H11F3NO/c15-14(16,17)19-13-7-5-12(6-8-13)11-3-1-10(9-18)2-4-11/h1-7H,9,18H2. The van der Waals surface area contributed by atoms with Crippen LogP contribution >= 0.6 is 0 Å². The van der Waals surface area contributed by atoms with Crippen molar-refractivity contribution in [3.05, 3.63) is 54.1 Å². The summed E-state index contributed by atoms with van der Waals surface area (Å²) in [5.41, 5.74) is 8.12. The second-order valence-electron chi connectivity index (χ2n) is 3.89. The van der Waals surface area contributed by atoms with Crippen LogP contribution in [0.4, 0.5) is 13.2 Å². The predicted molar refractivity (Wildman–Crippen MR) is 65.3 cm³/mol. The van der Waals surface area contributed by atoms with E-state index < -0.39 is 6.36 Å². The molecule has 19 heavy (non-hydrogen) atoms. The van der Waals surface area contributed by atoms with Crippen molar-refractivity contribution in [1.29, 1.82) is 0 Å². The third kappa shape index (κ3) is 3.72. The summed E-state index contributed by atoms with van der Waals surface area (Å²) in [7, 11) is 0. The normalized spacial score (nSPS) is 11.4. The highest BCUT2D eigenvalue weighted by Crippen LogP contribution is 2.26. The molecule has 2 rings (SSSR count). The van der Waals surface area contributed by atoms with Gasteiger partial charge in [0.25, 0.3) is 0 Å². The van der Waals surface area contributed by atoms with Crippen molar-refractivity contribution in [3.63, 3.8) is 0 Å². The summed E-state index contributed by atoms with van der Waals surface area (Å²) in [6.45, 7) is 0.449. The van der Waals surface area contributed by atoms with Crippen LogP contribution in [-0.4, -0.2) is 6.36 Å². The summed E-state index contributed by atoms with van der Waals surface area (Å²) in [6.07, 6.45) is -4.69. The maximum atomic E-state index is 12.0. The van der Waals surface area contributed by atoms with Gasteiger partial charge in [-0.1, -0.05) is 30.3 Å². The van der Waals surface area contributed by atoms with E-state index in [1.54, 1.807) is 6.07 Å². The number of alkyl halides is 3. The number of halogens is 3. The van der Waals surface area contributed by atoms with Crippen LogP contribution < -0.4 is 10.5 Å². The summed E-state index contributed by atoms with van der Waals surface area (Å²) in [5.74, 6) is -0.352. The van der Waals surface area contributed by atoms with E-state index in [-0.39, 0.29) is 5.75 Å². The molecule has 0 bridgehead atoms. The minimum absolute atomic E-state index is 0.352. The Hall–Kier alpha value is -2.01. The summed E-state index contributed by atoms with van der Waals surface area (Å²) < 4.78 is 39.7. The second-order valence-corrected chi connectivity index (χ2v) is 3.89. The lowest BCUT2D eigenvalue weighted by Gasteiger charge is -2.09. The Labute approximate surface area is 108 Å². The molecule has 5 heteroatoms. The van der Waals surface area contributed by atoms with E-state index in [2.05, 4.69) is 10.8 Å². The van der Waals surface area contributed by atoms with Gasteiger partial charge in [-0.2, -0.15) is 0 Å². The Balaban J connectivity index is 2.17. The molecule has 2 aromatic rings. The molecule has 2 nitrogen and oxygen atoms in total. The van der Waals surface area contributed by atoms with Gasteiger partial charge in [-0.3, -0.25) is 0 Å². The number of benzene rings is 2. The molecule has 0 aliphatic heterocycles. The van der Waals surface area contributed by atoms with Crippen molar-refractivity contribution in [1.82, 2.24) is 0 Å². The Morgan fingerprint density at radius 1 is 1.00 bits per heavy atom. The van der Waals surface area contributed by atoms with E-state index >= 15 is 0 Å². The summed E-state index contributed by atoms with van der Waals surface area (Å²) >= 11 is 0. The molecule has 0 fully saturated rings. The largest absolute Gasteiger partial charge is 0.573 e. The maximum Gasteiger partial charge on any atom is 0.573 e. The fraction of sp³-hybridized carbons (Fsp3) is 0.143. The fourth-order valence-electron chi connectivity index (χ4n) is 1.61. The molecule has 0 aromatic heterocycles. The van der Waals surface area contributed by atoms with Crippen molar-refractivity contribution < 1.29 is 17.9 Å². The maximum absolute atomic E-state index is 12.0. The molecule has 2 aromatic carbocycles. The highest BCUT2D eigenvalue weighted by atomic mass is 19.4. The molecule has 0 aliphatic carbocycles. The van der Waals surface area contributed by atoms with Gasteiger partial charge in [-0.05, 0) is 28.8 Å². The molecule has 2 N–H and O–H groups in total. The lowest BCUT2D eigenvalue weighted by Crippen LogP contribution is -2.17. The zero-order chi connectivity index (χ0) is 13.9. The van der Waals surface area contributed by atoms with Crippen LogP contribution in [0.25, 0.3) is 11.1 Å². The molecule has 0 heterocycles. The first-order chi connectivity index (χ1) is 8.98. The average Bonchev–Trinajstić information content (AvgIpc) is 2.38. The molecule has 0 aliphatic rings. The van der Waals surface area contributed by atoms with Crippen LogP contribution in [0.1, 0.15) is 5.56 Å². The highest BCUT2D eigenvalue weighted by molar-refractivity contribution is 5.64. The van der Waals surface area contributed by atoms with Gasteiger partial charge < -0.3 is 10.5 Å². The zero-order valence-electron chi connectivity index (χ0n) is 9.87. The number of hydrogen-bond donors (Lipinski definition) is 1. The molecule has 0 amide bonds. The quantitative estimate of drug-likeness (QED) is 0.922. The molecule has 0 saturated carbocycles. The molecular weight excluding hydrogens is 255 g/mol. The van der Waals surface area contributed by atoms with Gasteiger partial charge in [0.05, 0.1) is 0 Å². The van der Waals surface area contributed by atoms with Crippen LogP contribution in [-0.2, 0) is 6.54 Å². The van der Waals surface area contributed by atoms with Crippen LogP contribution in [0.5, 0.6) is 5.75 Å². The summed E-state index contributed by atoms with van der Waals surface area (Å²) in [4.78, 5) is 0. The van der Waals surface area contributed by atoms with Gasteiger partial charge in [0, 0.05) is 12.6 Å². The summed E-state index contributed by atoms with van der Waals surface area (Å²) in [5, 5.41) is 0. The van der Waals surface area contributed by atoms with E-state index in [9.17, 15) is 13.2 Å². The first-order valence-corrected chi connectivity index (χ1v) is 5.55. The van der Waals surface area contributed by atoms with E-state index in [1.165, 1.54) is 12.1 Å². The zero-order valence-corrected chi connectivity index (χ0v) is 9.87. The van der Waals surface area contributed by atoms with Crippen molar-refractivity contribution >= 4 is 0 Å². The van der Waals surface area contributed by atoms with Crippen LogP contribution in [0, 0.1) is 6.07 Å². The van der Waals surface area contributed by atoms with Gasteiger partial charge in [0.1, 0.15) is 5.75 Å². The Kier molecular flexibility index (Phi) is 3.76. The van der Waals surface area contributed by atoms with E-state index in [0.717, 1.165) is 16.7 Å². The smallest absolute Gasteiger partial charge is 0.405 e. The second kappa shape index (κ2) is 5.32. The lowest BCUT2D eigenvalue weighted by molar-refractivity contribution is -0.274. The third-order valence-corrected chi connectivity index (χ3v) is 2.53. The number of rotatable bonds is 3. The van der Waals surface area contributed by atoms with Gasteiger partial charge in [-0.15, -0.1) is 13.2 Å². The minimum atomic E-state index is -4.69. The Morgan fingerprint density at radius 2 is 1.63 bits per heavy atom. The van der Waals surface area contributed by atoms with Gasteiger partial charge >= 0.3 is 6.36 Å². The topological polar surface area (TPSA) is 35.2 Å². The number of ether oxygens (including phenoxy) is 1. The van der Waals surface area contributed by atoms with E-state index in [4.69, 9.17) is 5.73 Å². The van der Waals surface area contributed by atoms with E-state index in [1.807, 2.05) is 24.3 Å². The van der Waals surface area contributed by atoms with Gasteiger partial charge in [-0.25, -0.2) is 0 Å². The molecule has 0 spiro atoms. The Morgan fingerprint density at radius 3 is 2.11 bits per heavy atom. The average molecular weight is 266 g/mol. The van der Waals surface area contributed by atoms with Crippen molar-refractivity contribution in [2.45, 2.75) is 12.9 Å². The van der Waals surface area contributed by atoms with Gasteiger partial charge in [0.2, 0.25) is 0 Å². The molecule has 0 atom stereocenters. The minimum Gasteiger partial charge on any atom is -0.405 e. The van der Waals surface area contributed by atoms with Gasteiger partial charge in [0.15, 0.2) is 0 Å². The van der Waals surface area contributed by atoms with E-state index in [0.29, 0.717) is 6.54 Å². The SMILES string of the molecule is NCc1ccc(-c2c[c]c(OC(F)(F)F)cc2)cc1. The lowest BCUT2D eigenvalue weighted by atomic mass is 10.0. The molecule has 0 unspecified atom stereocenters. The summed E-state index contributed by atoms with van der Waals surface area (Å²) in [6, 6.07) is 14.2. The molecule has 1 radical (unpaired) electrons. The molecule has 0 saturated heterocycles. The van der Waals surface area contributed by atoms with Crippen molar-refractivity contribution in [2.75, 3.05) is 0 Å². The fourth-order valence-corrected chi connectivity index (χ4v) is 1.61. The van der Waals surface area contributed by atoms with Crippen molar-refractivity contribution in [3.8, 4) is 16.9 Å². The monoisotopic (exact) mass is 266 g/mol. The highest BCUT2D eigenvalue weighted by Gasteiger charge is 2.31. The molecule has 99 valence electrons. The Bertz CT molecular complexity index is 532. The van der Waals surface area contributed by atoms with Crippen LogP contribution in [0.3, 0.4) is 0 Å². The van der Waals surface area contributed by atoms with Crippen LogP contribution in [0.15, 0.2) is 42.5 Å². The van der Waals surface area contributed by atoms with Crippen molar-refractivity contribution in [2.24, 2.45) is 5.73 Å². The first kappa shape index (κ1) is 13.4. The number of nitrogens with two attached hydrogens (primary N) is 1. The molecular formula is C14H11F3NO.